The highest BCUT2D eigenvalue weighted by atomic mass is 16.2. The predicted octanol–water partition coefficient (Wildman–Crippen LogP) is 5.28. The topological polar surface area (TPSA) is 67.2 Å². The van der Waals surface area contributed by atoms with Crippen molar-refractivity contribution in [2.45, 2.75) is 82.8 Å². The predicted molar refractivity (Wildman–Crippen MR) is 138 cm³/mol. The highest BCUT2D eigenvalue weighted by Gasteiger charge is 2.49. The van der Waals surface area contributed by atoms with Gasteiger partial charge in [-0.25, -0.2) is 4.98 Å². The van der Waals surface area contributed by atoms with Crippen LogP contribution in [0.25, 0.3) is 11.0 Å². The zero-order valence-corrected chi connectivity index (χ0v) is 20.9. The third-order valence-electron chi connectivity index (χ3n) is 7.91. The molecule has 35 heavy (non-hydrogen) atoms. The van der Waals surface area contributed by atoms with Crippen LogP contribution in [0.3, 0.4) is 0 Å². The van der Waals surface area contributed by atoms with Crippen molar-refractivity contribution in [3.63, 3.8) is 0 Å². The minimum atomic E-state index is -1.00. The molecule has 6 heteroatoms. The summed E-state index contributed by atoms with van der Waals surface area (Å²) in [6, 6.07) is 18.2. The summed E-state index contributed by atoms with van der Waals surface area (Å²) in [6.07, 6.45) is 8.05. The van der Waals surface area contributed by atoms with E-state index in [1.165, 1.54) is 19.3 Å². The number of imidazole rings is 1. The van der Waals surface area contributed by atoms with Gasteiger partial charge in [0.15, 0.2) is 5.82 Å². The number of aromatic nitrogens is 2. The van der Waals surface area contributed by atoms with E-state index in [-0.39, 0.29) is 23.8 Å². The Bertz CT molecular complexity index is 1200. The maximum absolute atomic E-state index is 14.0. The van der Waals surface area contributed by atoms with Crippen molar-refractivity contribution < 1.29 is 9.59 Å². The largest absolute Gasteiger partial charge is 0.351 e. The molecule has 0 spiro atoms. The third-order valence-corrected chi connectivity index (χ3v) is 7.91. The minimum Gasteiger partial charge on any atom is -0.351 e. The van der Waals surface area contributed by atoms with E-state index >= 15 is 0 Å². The molecule has 2 aromatic carbocycles. The highest BCUT2D eigenvalue weighted by molar-refractivity contribution is 6.01. The molecule has 0 radical (unpaired) electrons. The second-order valence-electron chi connectivity index (χ2n) is 10.5. The number of rotatable bonds is 5. The number of carbonyl (C=O) groups excluding carboxylic acids is 2. The van der Waals surface area contributed by atoms with Gasteiger partial charge in [-0.1, -0.05) is 81.5 Å². The lowest BCUT2D eigenvalue weighted by Crippen LogP contribution is -2.65. The van der Waals surface area contributed by atoms with Crippen LogP contribution >= 0.6 is 0 Å². The molecule has 1 aliphatic heterocycles. The Hall–Kier alpha value is -3.15. The molecule has 2 heterocycles. The lowest BCUT2D eigenvalue weighted by Gasteiger charge is -2.45. The summed E-state index contributed by atoms with van der Waals surface area (Å²) in [4.78, 5) is 34.4. The van der Waals surface area contributed by atoms with Crippen LogP contribution in [0.5, 0.6) is 0 Å². The van der Waals surface area contributed by atoms with E-state index in [9.17, 15) is 9.59 Å². The smallest absolute Gasteiger partial charge is 0.290 e. The number of nitrogens with zero attached hydrogens (tertiary/aromatic N) is 3. The average Bonchev–Trinajstić information content (AvgIpc) is 3.22. The maximum atomic E-state index is 14.0. The van der Waals surface area contributed by atoms with Crippen molar-refractivity contribution in [1.82, 2.24) is 19.8 Å². The maximum Gasteiger partial charge on any atom is 0.290 e. The zero-order valence-electron chi connectivity index (χ0n) is 20.9. The molecule has 1 aromatic heterocycles. The third kappa shape index (κ3) is 4.58. The van der Waals surface area contributed by atoms with Gasteiger partial charge in [-0.05, 0) is 43.4 Å². The van der Waals surface area contributed by atoms with Gasteiger partial charge in [-0.2, -0.15) is 0 Å². The first kappa shape index (κ1) is 23.6. The van der Waals surface area contributed by atoms with Crippen molar-refractivity contribution >= 4 is 22.8 Å². The molecule has 2 atom stereocenters. The van der Waals surface area contributed by atoms with Crippen LogP contribution in [0.2, 0.25) is 0 Å². The molecule has 0 saturated heterocycles. The number of amides is 2. The van der Waals surface area contributed by atoms with Crippen LogP contribution in [-0.2, 0) is 11.3 Å². The second-order valence-corrected chi connectivity index (χ2v) is 10.5. The van der Waals surface area contributed by atoms with Crippen LogP contribution in [0.4, 0.5) is 0 Å². The van der Waals surface area contributed by atoms with Crippen molar-refractivity contribution in [2.75, 3.05) is 6.54 Å². The van der Waals surface area contributed by atoms with Crippen LogP contribution < -0.4 is 5.32 Å². The molecule has 2 unspecified atom stereocenters. The van der Waals surface area contributed by atoms with Crippen LogP contribution in [-0.4, -0.2) is 44.4 Å². The average molecular weight is 473 g/mol. The Labute approximate surface area is 207 Å². The Kier molecular flexibility index (Phi) is 6.63. The first-order chi connectivity index (χ1) is 17.0. The lowest BCUT2D eigenvalue weighted by molar-refractivity contribution is -0.133. The number of benzene rings is 2. The van der Waals surface area contributed by atoms with Crippen LogP contribution in [0.15, 0.2) is 54.6 Å². The molecular weight excluding hydrogens is 436 g/mol. The van der Waals surface area contributed by atoms with Gasteiger partial charge in [0, 0.05) is 12.6 Å². The Morgan fingerprint density at radius 3 is 2.43 bits per heavy atom. The van der Waals surface area contributed by atoms with Gasteiger partial charge in [0.25, 0.3) is 5.91 Å². The van der Waals surface area contributed by atoms with Gasteiger partial charge in [-0.15, -0.1) is 0 Å². The molecule has 1 fully saturated rings. The molecular formula is C29H36N4O2. The highest BCUT2D eigenvalue weighted by Crippen LogP contribution is 2.33. The fourth-order valence-corrected chi connectivity index (χ4v) is 5.72. The number of para-hydroxylation sites is 2. The van der Waals surface area contributed by atoms with Gasteiger partial charge < -0.3 is 14.8 Å². The Balaban J connectivity index is 1.49. The summed E-state index contributed by atoms with van der Waals surface area (Å²) in [7, 11) is 0. The van der Waals surface area contributed by atoms with Gasteiger partial charge >= 0.3 is 0 Å². The first-order valence-corrected chi connectivity index (χ1v) is 13.1. The van der Waals surface area contributed by atoms with E-state index in [2.05, 4.69) is 29.4 Å². The van der Waals surface area contributed by atoms with Gasteiger partial charge in [0.05, 0.1) is 17.6 Å². The van der Waals surface area contributed by atoms with E-state index in [1.807, 2.05) is 54.0 Å². The van der Waals surface area contributed by atoms with Crippen molar-refractivity contribution in [3.8, 4) is 0 Å². The van der Waals surface area contributed by atoms with Crippen LogP contribution in [0.1, 0.15) is 80.9 Å². The summed E-state index contributed by atoms with van der Waals surface area (Å²) in [6.45, 7) is 4.90. The number of nitrogens with one attached hydrogen (secondary N) is 1. The number of carbonyl (C=O) groups is 2. The van der Waals surface area contributed by atoms with Crippen LogP contribution in [0, 0.1) is 0 Å². The Morgan fingerprint density at radius 2 is 1.69 bits per heavy atom. The van der Waals surface area contributed by atoms with Gasteiger partial charge in [0.2, 0.25) is 5.91 Å². The van der Waals surface area contributed by atoms with E-state index in [0.29, 0.717) is 18.9 Å². The standard InChI is InChI=1S/C29H36N4O2/c1-21(22-13-7-6-8-14-22)19-33-27(34)26-31-24-17-11-12-18-25(24)32(26)20-29(33,2)28(35)30-23-15-9-4-3-5-10-16-23/h6-8,11-14,17-18,21,23H,3-5,9-10,15-16,19-20H2,1-2H3,(H,30,35). The first-order valence-electron chi connectivity index (χ1n) is 13.1. The van der Waals surface area contributed by atoms with Gasteiger partial charge in [0.1, 0.15) is 5.54 Å². The van der Waals surface area contributed by atoms with E-state index in [0.717, 1.165) is 42.3 Å². The number of fused-ring (bicyclic) bond motifs is 3. The van der Waals surface area contributed by atoms with Crippen molar-refractivity contribution in [1.29, 1.82) is 0 Å². The molecule has 3 aromatic rings. The monoisotopic (exact) mass is 472 g/mol. The summed E-state index contributed by atoms with van der Waals surface area (Å²) in [5.74, 6) is 0.276. The molecule has 184 valence electrons. The minimum absolute atomic E-state index is 0.0554. The molecule has 2 aliphatic rings. The van der Waals surface area contributed by atoms with Crippen molar-refractivity contribution in [3.05, 3.63) is 66.0 Å². The molecule has 6 nitrogen and oxygen atoms in total. The fraction of sp³-hybridized carbons (Fsp3) is 0.483. The molecule has 5 rings (SSSR count). The van der Waals surface area contributed by atoms with E-state index in [1.54, 1.807) is 4.90 Å². The zero-order chi connectivity index (χ0) is 24.4. The van der Waals surface area contributed by atoms with E-state index < -0.39 is 5.54 Å². The normalized spacial score (nSPS) is 22.3. The lowest BCUT2D eigenvalue weighted by atomic mass is 9.90. The second kappa shape index (κ2) is 9.84. The van der Waals surface area contributed by atoms with E-state index in [4.69, 9.17) is 0 Å². The summed E-state index contributed by atoms with van der Waals surface area (Å²) in [5.41, 5.74) is 1.84. The molecule has 1 aliphatic carbocycles. The summed E-state index contributed by atoms with van der Waals surface area (Å²) < 4.78 is 1.94. The Morgan fingerprint density at radius 1 is 1.03 bits per heavy atom. The summed E-state index contributed by atoms with van der Waals surface area (Å²) in [5, 5.41) is 3.36. The molecule has 1 saturated carbocycles. The van der Waals surface area contributed by atoms with Gasteiger partial charge in [-0.3, -0.25) is 9.59 Å². The molecule has 1 N–H and O–H groups in total. The fourth-order valence-electron chi connectivity index (χ4n) is 5.72. The quantitative estimate of drug-likeness (QED) is 0.549. The number of hydrogen-bond acceptors (Lipinski definition) is 3. The van der Waals surface area contributed by atoms with Crippen molar-refractivity contribution in [2.24, 2.45) is 0 Å². The summed E-state index contributed by atoms with van der Waals surface area (Å²) >= 11 is 0. The molecule has 2 amide bonds. The SMILES string of the molecule is CC(CN1C(=O)c2nc3ccccc3n2CC1(C)C(=O)NC1CCCCCCC1)c1ccccc1. The number of hydrogen-bond donors (Lipinski definition) is 1. The molecule has 0 bridgehead atoms.